The van der Waals surface area contributed by atoms with Crippen molar-refractivity contribution in [3.05, 3.63) is 106 Å². The molecule has 3 aromatic rings. The lowest BCUT2D eigenvalue weighted by Crippen LogP contribution is -2.31. The molecular formula is C26H22ClNO4. The maximum atomic E-state index is 13.1. The Bertz CT molecular complexity index is 1170. The van der Waals surface area contributed by atoms with Crippen LogP contribution < -0.4 is 4.74 Å². The molecule has 0 radical (unpaired) electrons. The molecule has 0 spiro atoms. The van der Waals surface area contributed by atoms with Crippen molar-refractivity contribution in [3.8, 4) is 5.75 Å². The van der Waals surface area contributed by atoms with Gasteiger partial charge in [-0.05, 0) is 53.9 Å². The maximum absolute atomic E-state index is 13.1. The molecule has 0 saturated carbocycles. The van der Waals surface area contributed by atoms with Crippen LogP contribution in [-0.2, 0) is 16.0 Å². The standard InChI is InChI=1S/C26H22ClNO4/c1-32-21-9-5-8-19(16-21)23-22(24(29)18-10-12-20(27)13-11-18)25(30)26(31)28(23)15-14-17-6-3-2-4-7-17/h2-13,16,23,29H,14-15H2,1H3/b24-22+. The number of nitrogens with zero attached hydrogens (tertiary/aromatic N) is 1. The first-order valence-electron chi connectivity index (χ1n) is 10.2. The Hall–Kier alpha value is -3.57. The van der Waals surface area contributed by atoms with E-state index in [1.165, 1.54) is 4.90 Å². The highest BCUT2D eigenvalue weighted by molar-refractivity contribution is 6.46. The molecule has 4 rings (SSSR count). The molecule has 5 nitrogen and oxygen atoms in total. The van der Waals surface area contributed by atoms with E-state index >= 15 is 0 Å². The van der Waals surface area contributed by atoms with Crippen LogP contribution in [-0.4, -0.2) is 35.4 Å². The highest BCUT2D eigenvalue weighted by Crippen LogP contribution is 2.40. The highest BCUT2D eigenvalue weighted by Gasteiger charge is 2.45. The molecule has 1 aliphatic rings. The number of hydrogen-bond acceptors (Lipinski definition) is 4. The molecule has 1 atom stereocenters. The SMILES string of the molecule is COc1cccc(C2/C(=C(\O)c3ccc(Cl)cc3)C(=O)C(=O)N2CCc2ccccc2)c1. The van der Waals surface area contributed by atoms with Gasteiger partial charge in [0, 0.05) is 17.1 Å². The number of ketones is 1. The van der Waals surface area contributed by atoms with Crippen LogP contribution in [0, 0.1) is 0 Å². The first-order chi connectivity index (χ1) is 15.5. The highest BCUT2D eigenvalue weighted by atomic mass is 35.5. The molecule has 1 heterocycles. The molecule has 32 heavy (non-hydrogen) atoms. The summed E-state index contributed by atoms with van der Waals surface area (Å²) >= 11 is 5.97. The fourth-order valence-corrected chi connectivity index (χ4v) is 4.05. The van der Waals surface area contributed by atoms with Crippen LogP contribution in [0.4, 0.5) is 0 Å². The van der Waals surface area contributed by atoms with Crippen molar-refractivity contribution in [1.29, 1.82) is 0 Å². The summed E-state index contributed by atoms with van der Waals surface area (Å²) < 4.78 is 5.34. The quantitative estimate of drug-likeness (QED) is 0.327. The van der Waals surface area contributed by atoms with E-state index in [9.17, 15) is 14.7 Å². The molecule has 1 saturated heterocycles. The Morgan fingerprint density at radius 3 is 2.41 bits per heavy atom. The van der Waals surface area contributed by atoms with Gasteiger partial charge in [0.1, 0.15) is 11.5 Å². The number of hydrogen-bond donors (Lipinski definition) is 1. The summed E-state index contributed by atoms with van der Waals surface area (Å²) in [6, 6.07) is 22.7. The van der Waals surface area contributed by atoms with Crippen LogP contribution in [0.5, 0.6) is 5.75 Å². The summed E-state index contributed by atoms with van der Waals surface area (Å²) in [4.78, 5) is 27.6. The summed E-state index contributed by atoms with van der Waals surface area (Å²) in [6.45, 7) is 0.327. The second kappa shape index (κ2) is 9.28. The number of amides is 1. The van der Waals surface area contributed by atoms with E-state index in [0.717, 1.165) is 5.56 Å². The van der Waals surface area contributed by atoms with Gasteiger partial charge in [-0.25, -0.2) is 0 Å². The van der Waals surface area contributed by atoms with Crippen LogP contribution in [0.25, 0.3) is 5.76 Å². The Balaban J connectivity index is 1.80. The van der Waals surface area contributed by atoms with Gasteiger partial charge in [-0.2, -0.15) is 0 Å². The molecule has 0 aliphatic carbocycles. The number of methoxy groups -OCH3 is 1. The van der Waals surface area contributed by atoms with Gasteiger partial charge in [-0.3, -0.25) is 9.59 Å². The molecular weight excluding hydrogens is 426 g/mol. The minimum Gasteiger partial charge on any atom is -0.507 e. The monoisotopic (exact) mass is 447 g/mol. The van der Waals surface area contributed by atoms with E-state index in [2.05, 4.69) is 0 Å². The second-order valence-electron chi connectivity index (χ2n) is 7.51. The van der Waals surface area contributed by atoms with Gasteiger partial charge in [-0.15, -0.1) is 0 Å². The minimum absolute atomic E-state index is 0.0543. The molecule has 162 valence electrons. The molecule has 1 amide bonds. The number of carbonyl (C=O) groups excluding carboxylic acids is 2. The predicted octanol–water partition coefficient (Wildman–Crippen LogP) is 5.01. The molecule has 6 heteroatoms. The van der Waals surface area contributed by atoms with Crippen LogP contribution in [0.1, 0.15) is 22.7 Å². The van der Waals surface area contributed by atoms with E-state index in [-0.39, 0.29) is 11.3 Å². The van der Waals surface area contributed by atoms with Crippen molar-refractivity contribution in [2.75, 3.05) is 13.7 Å². The van der Waals surface area contributed by atoms with E-state index in [1.54, 1.807) is 49.6 Å². The van der Waals surface area contributed by atoms with Crippen molar-refractivity contribution < 1.29 is 19.4 Å². The summed E-state index contributed by atoms with van der Waals surface area (Å²) in [5, 5.41) is 11.6. The zero-order chi connectivity index (χ0) is 22.7. The number of likely N-dealkylation sites (tertiary alicyclic amines) is 1. The van der Waals surface area contributed by atoms with Crippen LogP contribution in [0.2, 0.25) is 5.02 Å². The molecule has 0 bridgehead atoms. The third-order valence-corrected chi connectivity index (χ3v) is 5.80. The van der Waals surface area contributed by atoms with Gasteiger partial charge in [0.2, 0.25) is 0 Å². The Morgan fingerprint density at radius 2 is 1.72 bits per heavy atom. The fraction of sp³-hybridized carbons (Fsp3) is 0.154. The number of benzene rings is 3. The second-order valence-corrected chi connectivity index (χ2v) is 7.95. The average molecular weight is 448 g/mol. The molecule has 3 aromatic carbocycles. The Morgan fingerprint density at radius 1 is 1.00 bits per heavy atom. The smallest absolute Gasteiger partial charge is 0.295 e. The molecule has 1 N–H and O–H groups in total. The lowest BCUT2D eigenvalue weighted by atomic mass is 9.95. The number of Topliss-reactive ketones (excluding diaryl/α,β-unsaturated/α-hetero) is 1. The summed E-state index contributed by atoms with van der Waals surface area (Å²) in [5.74, 6) is -0.972. The maximum Gasteiger partial charge on any atom is 0.295 e. The first kappa shape index (κ1) is 21.7. The van der Waals surface area contributed by atoms with Gasteiger partial charge in [0.05, 0.1) is 18.7 Å². The van der Waals surface area contributed by atoms with Crippen molar-refractivity contribution >= 4 is 29.1 Å². The fourth-order valence-electron chi connectivity index (χ4n) is 3.93. The Labute approximate surface area is 191 Å². The number of aliphatic hydroxyl groups is 1. The van der Waals surface area contributed by atoms with Crippen molar-refractivity contribution in [2.24, 2.45) is 0 Å². The first-order valence-corrected chi connectivity index (χ1v) is 10.6. The Kier molecular flexibility index (Phi) is 6.28. The normalized spacial score (nSPS) is 17.6. The lowest BCUT2D eigenvalue weighted by Gasteiger charge is -2.25. The van der Waals surface area contributed by atoms with E-state index in [0.29, 0.717) is 34.9 Å². The third kappa shape index (κ3) is 4.25. The third-order valence-electron chi connectivity index (χ3n) is 5.55. The van der Waals surface area contributed by atoms with E-state index in [1.807, 2.05) is 36.4 Å². The summed E-state index contributed by atoms with van der Waals surface area (Å²) in [5.41, 5.74) is 2.21. The van der Waals surface area contributed by atoms with Crippen molar-refractivity contribution in [3.63, 3.8) is 0 Å². The van der Waals surface area contributed by atoms with Gasteiger partial charge < -0.3 is 14.7 Å². The topological polar surface area (TPSA) is 66.8 Å². The zero-order valence-corrected chi connectivity index (χ0v) is 18.3. The number of aliphatic hydroxyl groups excluding tert-OH is 1. The largest absolute Gasteiger partial charge is 0.507 e. The van der Waals surface area contributed by atoms with Crippen LogP contribution >= 0.6 is 11.6 Å². The van der Waals surface area contributed by atoms with Crippen LogP contribution in [0.15, 0.2) is 84.4 Å². The van der Waals surface area contributed by atoms with Gasteiger partial charge in [0.25, 0.3) is 11.7 Å². The molecule has 1 unspecified atom stereocenters. The number of halogens is 1. The molecule has 1 aliphatic heterocycles. The molecule has 0 aromatic heterocycles. The summed E-state index contributed by atoms with van der Waals surface area (Å²) in [7, 11) is 1.55. The average Bonchev–Trinajstić information content (AvgIpc) is 3.08. The summed E-state index contributed by atoms with van der Waals surface area (Å²) in [6.07, 6.45) is 0.579. The van der Waals surface area contributed by atoms with Gasteiger partial charge >= 0.3 is 0 Å². The molecule has 1 fully saturated rings. The predicted molar refractivity (Wildman–Crippen MR) is 124 cm³/mol. The number of rotatable bonds is 6. The van der Waals surface area contributed by atoms with Crippen molar-refractivity contribution in [2.45, 2.75) is 12.5 Å². The van der Waals surface area contributed by atoms with Crippen LogP contribution in [0.3, 0.4) is 0 Å². The minimum atomic E-state index is -0.732. The van der Waals surface area contributed by atoms with Crippen molar-refractivity contribution in [1.82, 2.24) is 4.90 Å². The zero-order valence-electron chi connectivity index (χ0n) is 17.5. The lowest BCUT2D eigenvalue weighted by molar-refractivity contribution is -0.139. The van der Waals surface area contributed by atoms with E-state index in [4.69, 9.17) is 16.3 Å². The number of ether oxygens (including phenoxy) is 1. The van der Waals surface area contributed by atoms with Gasteiger partial charge in [-0.1, -0.05) is 54.1 Å². The van der Waals surface area contributed by atoms with E-state index < -0.39 is 17.7 Å². The number of carbonyl (C=O) groups is 2. The van der Waals surface area contributed by atoms with Gasteiger partial charge in [0.15, 0.2) is 0 Å².